The lowest BCUT2D eigenvalue weighted by molar-refractivity contribution is -0.117. The summed E-state index contributed by atoms with van der Waals surface area (Å²) in [5, 5.41) is 2.94. The molecular formula is C13H18N2OS. The van der Waals surface area contributed by atoms with E-state index in [1.165, 1.54) is 10.5 Å². The summed E-state index contributed by atoms with van der Waals surface area (Å²) in [5.74, 6) is 1.14. The Morgan fingerprint density at radius 1 is 1.53 bits per heavy atom. The van der Waals surface area contributed by atoms with Gasteiger partial charge >= 0.3 is 0 Å². The van der Waals surface area contributed by atoms with Gasteiger partial charge < -0.3 is 10.2 Å². The number of hydrogen-bond acceptors (Lipinski definition) is 3. The lowest BCUT2D eigenvalue weighted by Gasteiger charge is -2.31. The van der Waals surface area contributed by atoms with Gasteiger partial charge in [0.25, 0.3) is 0 Å². The summed E-state index contributed by atoms with van der Waals surface area (Å²) in [6.45, 7) is 3.35. The molecule has 0 saturated carbocycles. The second-order valence-corrected chi connectivity index (χ2v) is 5.18. The molecule has 0 aromatic heterocycles. The quantitative estimate of drug-likeness (QED) is 0.889. The van der Waals surface area contributed by atoms with Crippen molar-refractivity contribution in [2.24, 2.45) is 0 Å². The summed E-state index contributed by atoms with van der Waals surface area (Å²) in [6.07, 6.45) is 0.965. The van der Waals surface area contributed by atoms with Gasteiger partial charge in [-0.05, 0) is 25.1 Å². The van der Waals surface area contributed by atoms with E-state index >= 15 is 0 Å². The van der Waals surface area contributed by atoms with Crippen molar-refractivity contribution in [1.29, 1.82) is 0 Å². The smallest absolute Gasteiger partial charge is 0.240 e. The van der Waals surface area contributed by atoms with Gasteiger partial charge in [0.05, 0.1) is 12.2 Å². The van der Waals surface area contributed by atoms with Gasteiger partial charge in [0.15, 0.2) is 0 Å². The van der Waals surface area contributed by atoms with Crippen molar-refractivity contribution >= 4 is 23.4 Å². The third-order valence-electron chi connectivity index (χ3n) is 2.93. The fourth-order valence-electron chi connectivity index (χ4n) is 2.13. The van der Waals surface area contributed by atoms with Crippen LogP contribution >= 0.6 is 11.8 Å². The van der Waals surface area contributed by atoms with Crippen LogP contribution < -0.4 is 10.2 Å². The number of fused-ring (bicyclic) bond motifs is 1. The average Bonchev–Trinajstić information content (AvgIpc) is 2.37. The second-order valence-electron chi connectivity index (χ2n) is 4.04. The Morgan fingerprint density at radius 2 is 2.35 bits per heavy atom. The maximum atomic E-state index is 12.1. The Balaban J connectivity index is 2.38. The predicted octanol–water partition coefficient (Wildman–Crippen LogP) is 1.91. The molecular weight excluding hydrogens is 232 g/mol. The highest BCUT2D eigenvalue weighted by molar-refractivity contribution is 7.99. The molecule has 0 unspecified atom stereocenters. The molecule has 1 aliphatic rings. The van der Waals surface area contributed by atoms with Crippen molar-refractivity contribution in [3.8, 4) is 0 Å². The van der Waals surface area contributed by atoms with Crippen LogP contribution in [0.3, 0.4) is 0 Å². The van der Waals surface area contributed by atoms with Gasteiger partial charge in [-0.25, -0.2) is 0 Å². The standard InChI is InChI=1S/C13H18N2OS/c1-3-10-5-4-6-11-13(10)15(7-8-17-11)12(16)9-14-2/h4-6,14H,3,7-9H2,1-2H3. The van der Waals surface area contributed by atoms with E-state index in [4.69, 9.17) is 0 Å². The van der Waals surface area contributed by atoms with E-state index in [9.17, 15) is 4.79 Å². The molecule has 0 aliphatic carbocycles. The first kappa shape index (κ1) is 12.5. The number of rotatable bonds is 3. The van der Waals surface area contributed by atoms with E-state index in [0.717, 1.165) is 24.4 Å². The molecule has 0 radical (unpaired) electrons. The Bertz CT molecular complexity index is 406. The maximum absolute atomic E-state index is 12.1. The molecule has 1 heterocycles. The first-order valence-corrected chi connectivity index (χ1v) is 6.96. The van der Waals surface area contributed by atoms with E-state index < -0.39 is 0 Å². The number of nitrogens with one attached hydrogen (secondary N) is 1. The molecule has 4 heteroatoms. The Labute approximate surface area is 107 Å². The van der Waals surface area contributed by atoms with Gasteiger partial charge in [-0.1, -0.05) is 19.1 Å². The molecule has 0 saturated heterocycles. The number of likely N-dealkylation sites (N-methyl/N-ethyl adjacent to an activating group) is 1. The first-order chi connectivity index (χ1) is 8.27. The minimum atomic E-state index is 0.162. The van der Waals surface area contributed by atoms with E-state index in [0.29, 0.717) is 6.54 Å². The lowest BCUT2D eigenvalue weighted by atomic mass is 10.1. The highest BCUT2D eigenvalue weighted by atomic mass is 32.2. The average molecular weight is 250 g/mol. The zero-order chi connectivity index (χ0) is 12.3. The molecule has 1 amide bonds. The number of carbonyl (C=O) groups excluding carboxylic acids is 1. The zero-order valence-electron chi connectivity index (χ0n) is 10.3. The maximum Gasteiger partial charge on any atom is 0.240 e. The normalized spacial score (nSPS) is 14.6. The summed E-state index contributed by atoms with van der Waals surface area (Å²) in [7, 11) is 1.81. The number of carbonyl (C=O) groups is 1. The second kappa shape index (κ2) is 5.56. The summed E-state index contributed by atoms with van der Waals surface area (Å²) in [5.41, 5.74) is 2.39. The van der Waals surface area contributed by atoms with Gasteiger partial charge in [-0.3, -0.25) is 4.79 Å². The third-order valence-corrected chi connectivity index (χ3v) is 3.96. The molecule has 3 nitrogen and oxygen atoms in total. The van der Waals surface area contributed by atoms with Crippen LogP contribution in [0.4, 0.5) is 5.69 Å². The van der Waals surface area contributed by atoms with Crippen molar-refractivity contribution in [3.63, 3.8) is 0 Å². The topological polar surface area (TPSA) is 32.3 Å². The zero-order valence-corrected chi connectivity index (χ0v) is 11.1. The summed E-state index contributed by atoms with van der Waals surface area (Å²) in [6, 6.07) is 6.30. The van der Waals surface area contributed by atoms with Gasteiger partial charge in [0, 0.05) is 17.2 Å². The van der Waals surface area contributed by atoms with Crippen LogP contribution in [0.25, 0.3) is 0 Å². The van der Waals surface area contributed by atoms with Crippen LogP contribution in [0.1, 0.15) is 12.5 Å². The fourth-order valence-corrected chi connectivity index (χ4v) is 3.18. The third kappa shape index (κ3) is 2.48. The number of thioether (sulfide) groups is 1. The van der Waals surface area contributed by atoms with Crippen LogP contribution in [0, 0.1) is 0 Å². The first-order valence-electron chi connectivity index (χ1n) is 5.97. The molecule has 2 rings (SSSR count). The SMILES string of the molecule is CCc1cccc2c1N(C(=O)CNC)CCS2. The predicted molar refractivity (Wildman–Crippen MR) is 72.8 cm³/mol. The molecule has 1 aromatic rings. The Hall–Kier alpha value is -1.000. The van der Waals surface area contributed by atoms with Crippen molar-refractivity contribution in [2.45, 2.75) is 18.2 Å². The van der Waals surface area contributed by atoms with Gasteiger partial charge in [0.2, 0.25) is 5.91 Å². The summed E-state index contributed by atoms with van der Waals surface area (Å²) >= 11 is 1.84. The highest BCUT2D eigenvalue weighted by Gasteiger charge is 2.24. The highest BCUT2D eigenvalue weighted by Crippen LogP contribution is 2.37. The van der Waals surface area contributed by atoms with Gasteiger partial charge in [-0.2, -0.15) is 0 Å². The minimum Gasteiger partial charge on any atom is -0.311 e. The van der Waals surface area contributed by atoms with E-state index in [1.54, 1.807) is 0 Å². The van der Waals surface area contributed by atoms with Crippen molar-refractivity contribution in [1.82, 2.24) is 5.32 Å². The van der Waals surface area contributed by atoms with Gasteiger partial charge in [0.1, 0.15) is 0 Å². The fraction of sp³-hybridized carbons (Fsp3) is 0.462. The number of aryl methyl sites for hydroxylation is 1. The van der Waals surface area contributed by atoms with Crippen molar-refractivity contribution < 1.29 is 4.79 Å². The molecule has 0 spiro atoms. The molecule has 0 atom stereocenters. The lowest BCUT2D eigenvalue weighted by Crippen LogP contribution is -2.40. The number of nitrogens with zero attached hydrogens (tertiary/aromatic N) is 1. The van der Waals surface area contributed by atoms with E-state index in [-0.39, 0.29) is 5.91 Å². The molecule has 1 N–H and O–H groups in total. The number of hydrogen-bond donors (Lipinski definition) is 1. The largest absolute Gasteiger partial charge is 0.311 e. The van der Waals surface area contributed by atoms with Crippen molar-refractivity contribution in [3.05, 3.63) is 23.8 Å². The molecule has 0 fully saturated rings. The molecule has 92 valence electrons. The summed E-state index contributed by atoms with van der Waals surface area (Å²) in [4.78, 5) is 15.3. The van der Waals surface area contributed by atoms with Gasteiger partial charge in [-0.15, -0.1) is 11.8 Å². The van der Waals surface area contributed by atoms with Crippen LogP contribution in [-0.4, -0.2) is 31.8 Å². The van der Waals surface area contributed by atoms with E-state index in [2.05, 4.69) is 30.4 Å². The molecule has 1 aromatic carbocycles. The van der Waals surface area contributed by atoms with Crippen LogP contribution in [0.2, 0.25) is 0 Å². The number of benzene rings is 1. The Morgan fingerprint density at radius 3 is 3.06 bits per heavy atom. The van der Waals surface area contributed by atoms with E-state index in [1.807, 2.05) is 23.7 Å². The number of amides is 1. The van der Waals surface area contributed by atoms with Crippen LogP contribution in [0.5, 0.6) is 0 Å². The van der Waals surface area contributed by atoms with Crippen LogP contribution in [0.15, 0.2) is 23.1 Å². The summed E-state index contributed by atoms with van der Waals surface area (Å²) < 4.78 is 0. The van der Waals surface area contributed by atoms with Crippen molar-refractivity contribution in [2.75, 3.05) is 30.8 Å². The van der Waals surface area contributed by atoms with Crippen LogP contribution in [-0.2, 0) is 11.2 Å². The molecule has 1 aliphatic heterocycles. The number of anilines is 1. The monoisotopic (exact) mass is 250 g/mol. The number of para-hydroxylation sites is 1. The molecule has 17 heavy (non-hydrogen) atoms. The minimum absolute atomic E-state index is 0.162. The molecule has 0 bridgehead atoms. The Kier molecular flexibility index (Phi) is 4.07.